The van der Waals surface area contributed by atoms with E-state index in [0.29, 0.717) is 25.6 Å². The van der Waals surface area contributed by atoms with Gasteiger partial charge in [-0.25, -0.2) is 19.4 Å². The summed E-state index contributed by atoms with van der Waals surface area (Å²) in [6.07, 6.45) is 5.05. The van der Waals surface area contributed by atoms with Crippen LogP contribution in [0.25, 0.3) is 16.7 Å². The molecular weight excluding hydrogens is 406 g/mol. The second kappa shape index (κ2) is 8.64. The van der Waals surface area contributed by atoms with Gasteiger partial charge in [0.05, 0.1) is 24.4 Å². The second-order valence-electron chi connectivity index (χ2n) is 8.38. The van der Waals surface area contributed by atoms with Gasteiger partial charge in [-0.1, -0.05) is 6.92 Å². The van der Waals surface area contributed by atoms with E-state index in [1.54, 1.807) is 7.11 Å². The van der Waals surface area contributed by atoms with Crippen molar-refractivity contribution in [3.63, 3.8) is 0 Å². The molecule has 0 unspecified atom stereocenters. The number of benzene rings is 1. The van der Waals surface area contributed by atoms with Gasteiger partial charge in [-0.05, 0) is 43.5 Å². The predicted molar refractivity (Wildman–Crippen MR) is 123 cm³/mol. The molecule has 1 aliphatic carbocycles. The van der Waals surface area contributed by atoms with Gasteiger partial charge in [-0.2, -0.15) is 5.10 Å². The molecule has 2 aromatic heterocycles. The zero-order chi connectivity index (χ0) is 22.1. The Balaban J connectivity index is 1.44. The molecule has 0 radical (unpaired) electrons. The number of fused-ring (bicyclic) bond motifs is 1. The van der Waals surface area contributed by atoms with E-state index in [2.05, 4.69) is 22.2 Å². The Morgan fingerprint density at radius 2 is 1.88 bits per heavy atom. The molecule has 1 saturated heterocycles. The van der Waals surface area contributed by atoms with Crippen LogP contribution in [-0.4, -0.2) is 70.5 Å². The minimum atomic E-state index is 0.0188. The van der Waals surface area contributed by atoms with Crippen LogP contribution in [0.1, 0.15) is 37.9 Å². The van der Waals surface area contributed by atoms with Gasteiger partial charge in [0.15, 0.2) is 5.65 Å². The molecule has 3 heterocycles. The number of nitrogens with one attached hydrogen (secondary N) is 1. The molecular formula is C23H29N7O2. The van der Waals surface area contributed by atoms with Gasteiger partial charge in [-0.15, -0.1) is 0 Å². The Morgan fingerprint density at radius 1 is 1.12 bits per heavy atom. The first-order valence-electron chi connectivity index (χ1n) is 11.4. The monoisotopic (exact) mass is 435 g/mol. The SMILES string of the molecule is CCCNC(=O)N1CCN(c2nc(C3CC3)nc3c2cnn3-c2ccc(OC)cc2)CC1. The molecule has 32 heavy (non-hydrogen) atoms. The summed E-state index contributed by atoms with van der Waals surface area (Å²) in [7, 11) is 1.66. The molecule has 0 bridgehead atoms. The van der Waals surface area contributed by atoms with Crippen molar-refractivity contribution in [3.05, 3.63) is 36.3 Å². The number of carbonyl (C=O) groups excluding carboxylic acids is 1. The van der Waals surface area contributed by atoms with E-state index >= 15 is 0 Å². The van der Waals surface area contributed by atoms with Crippen LogP contribution in [0.5, 0.6) is 5.75 Å². The Labute approximate surface area is 187 Å². The van der Waals surface area contributed by atoms with Gasteiger partial charge < -0.3 is 19.9 Å². The number of hydrogen-bond acceptors (Lipinski definition) is 6. The minimum Gasteiger partial charge on any atom is -0.497 e. The number of aromatic nitrogens is 4. The fraction of sp³-hybridized carbons (Fsp3) is 0.478. The van der Waals surface area contributed by atoms with E-state index in [0.717, 1.165) is 66.5 Å². The lowest BCUT2D eigenvalue weighted by Gasteiger charge is -2.35. The second-order valence-corrected chi connectivity index (χ2v) is 8.38. The van der Waals surface area contributed by atoms with Crippen molar-refractivity contribution in [2.24, 2.45) is 0 Å². The van der Waals surface area contributed by atoms with Crippen molar-refractivity contribution in [1.82, 2.24) is 30.0 Å². The summed E-state index contributed by atoms with van der Waals surface area (Å²) < 4.78 is 7.16. The summed E-state index contributed by atoms with van der Waals surface area (Å²) in [4.78, 5) is 26.3. The van der Waals surface area contributed by atoms with Crippen LogP contribution in [0.4, 0.5) is 10.6 Å². The summed E-state index contributed by atoms with van der Waals surface area (Å²) in [6, 6.07) is 7.84. The molecule has 2 amide bonds. The van der Waals surface area contributed by atoms with Gasteiger partial charge in [0.2, 0.25) is 0 Å². The summed E-state index contributed by atoms with van der Waals surface area (Å²) in [5, 5.41) is 8.55. The van der Waals surface area contributed by atoms with Gasteiger partial charge in [0.25, 0.3) is 0 Å². The Morgan fingerprint density at radius 3 is 2.53 bits per heavy atom. The molecule has 1 N–H and O–H groups in total. The number of piperazine rings is 1. The number of amides is 2. The first kappa shape index (κ1) is 20.5. The van der Waals surface area contributed by atoms with E-state index in [9.17, 15) is 4.79 Å². The topological polar surface area (TPSA) is 88.4 Å². The van der Waals surface area contributed by atoms with E-state index in [1.165, 1.54) is 0 Å². The van der Waals surface area contributed by atoms with Crippen LogP contribution in [0.15, 0.2) is 30.5 Å². The average molecular weight is 436 g/mol. The van der Waals surface area contributed by atoms with E-state index in [-0.39, 0.29) is 6.03 Å². The highest BCUT2D eigenvalue weighted by atomic mass is 16.5. The van der Waals surface area contributed by atoms with Crippen molar-refractivity contribution >= 4 is 22.9 Å². The molecule has 5 rings (SSSR count). The highest BCUT2D eigenvalue weighted by Gasteiger charge is 2.30. The molecule has 3 aromatic rings. The summed E-state index contributed by atoms with van der Waals surface area (Å²) in [5.74, 6) is 3.05. The normalized spacial score (nSPS) is 16.4. The number of urea groups is 1. The molecule has 9 heteroatoms. The molecule has 0 spiro atoms. The van der Waals surface area contributed by atoms with Crippen LogP contribution in [0.2, 0.25) is 0 Å². The molecule has 2 fully saturated rings. The van der Waals surface area contributed by atoms with Crippen LogP contribution in [0.3, 0.4) is 0 Å². The third-order valence-electron chi connectivity index (χ3n) is 6.08. The first-order valence-corrected chi connectivity index (χ1v) is 11.4. The lowest BCUT2D eigenvalue weighted by Crippen LogP contribution is -2.52. The average Bonchev–Trinajstić information content (AvgIpc) is 3.61. The number of rotatable bonds is 6. The van der Waals surface area contributed by atoms with Gasteiger partial charge in [0, 0.05) is 38.6 Å². The van der Waals surface area contributed by atoms with Crippen molar-refractivity contribution in [2.75, 3.05) is 44.7 Å². The van der Waals surface area contributed by atoms with Crippen molar-refractivity contribution < 1.29 is 9.53 Å². The zero-order valence-electron chi connectivity index (χ0n) is 18.6. The Bertz CT molecular complexity index is 1100. The maximum Gasteiger partial charge on any atom is 0.317 e. The third kappa shape index (κ3) is 3.94. The zero-order valence-corrected chi connectivity index (χ0v) is 18.6. The highest BCUT2D eigenvalue weighted by Crippen LogP contribution is 2.40. The fourth-order valence-electron chi connectivity index (χ4n) is 4.05. The largest absolute Gasteiger partial charge is 0.497 e. The Kier molecular flexibility index (Phi) is 5.55. The first-order chi connectivity index (χ1) is 15.7. The molecule has 0 atom stereocenters. The maximum atomic E-state index is 12.3. The summed E-state index contributed by atoms with van der Waals surface area (Å²) in [5.41, 5.74) is 1.76. The van der Waals surface area contributed by atoms with Crippen LogP contribution in [0, 0.1) is 0 Å². The quantitative estimate of drug-likeness (QED) is 0.641. The number of anilines is 1. The summed E-state index contributed by atoms with van der Waals surface area (Å²) >= 11 is 0. The maximum absolute atomic E-state index is 12.3. The number of nitrogens with zero attached hydrogens (tertiary/aromatic N) is 6. The van der Waals surface area contributed by atoms with E-state index < -0.39 is 0 Å². The van der Waals surface area contributed by atoms with E-state index in [4.69, 9.17) is 14.7 Å². The number of ether oxygens (including phenoxy) is 1. The number of carbonyl (C=O) groups is 1. The van der Waals surface area contributed by atoms with E-state index in [1.807, 2.05) is 40.0 Å². The van der Waals surface area contributed by atoms with Crippen molar-refractivity contribution in [3.8, 4) is 11.4 Å². The molecule has 168 valence electrons. The van der Waals surface area contributed by atoms with Crippen LogP contribution >= 0.6 is 0 Å². The van der Waals surface area contributed by atoms with Gasteiger partial charge in [0.1, 0.15) is 17.4 Å². The molecule has 2 aliphatic rings. The number of hydrogen-bond donors (Lipinski definition) is 1. The third-order valence-corrected chi connectivity index (χ3v) is 6.08. The Hall–Kier alpha value is -3.36. The predicted octanol–water partition coefficient (Wildman–Crippen LogP) is 2.94. The highest BCUT2D eigenvalue weighted by molar-refractivity contribution is 5.88. The minimum absolute atomic E-state index is 0.0188. The van der Waals surface area contributed by atoms with Crippen LogP contribution < -0.4 is 15.0 Å². The summed E-state index contributed by atoms with van der Waals surface area (Å²) in [6.45, 7) is 5.59. The van der Waals surface area contributed by atoms with Crippen LogP contribution in [-0.2, 0) is 0 Å². The van der Waals surface area contributed by atoms with Crippen molar-refractivity contribution in [1.29, 1.82) is 0 Å². The molecule has 1 saturated carbocycles. The molecule has 1 aliphatic heterocycles. The fourth-order valence-corrected chi connectivity index (χ4v) is 4.05. The standard InChI is InChI=1S/C23H29N7O2/c1-3-10-24-23(31)29-13-11-28(12-14-29)21-19-15-25-30(17-6-8-18(32-2)9-7-17)22(19)27-20(26-21)16-4-5-16/h6-9,15-16H,3-5,10-14H2,1-2H3,(H,24,31). The lowest BCUT2D eigenvalue weighted by atomic mass is 10.2. The molecule has 1 aromatic carbocycles. The van der Waals surface area contributed by atoms with Gasteiger partial charge >= 0.3 is 6.03 Å². The molecule has 9 nitrogen and oxygen atoms in total. The smallest absolute Gasteiger partial charge is 0.317 e. The lowest BCUT2D eigenvalue weighted by molar-refractivity contribution is 0.194. The van der Waals surface area contributed by atoms with Gasteiger partial charge in [-0.3, -0.25) is 0 Å². The van der Waals surface area contributed by atoms with Crippen molar-refractivity contribution in [2.45, 2.75) is 32.1 Å². The number of methoxy groups -OCH3 is 1.